The van der Waals surface area contributed by atoms with Gasteiger partial charge in [-0.3, -0.25) is 9.48 Å². The van der Waals surface area contributed by atoms with E-state index in [4.69, 9.17) is 0 Å². The van der Waals surface area contributed by atoms with E-state index in [9.17, 15) is 4.79 Å². The second-order valence-corrected chi connectivity index (χ2v) is 9.77. The smallest absolute Gasteiger partial charge is 0.244 e. The molecular weight excluding hydrogens is 452 g/mol. The van der Waals surface area contributed by atoms with Crippen LogP contribution in [0, 0.1) is 13.8 Å². The van der Waals surface area contributed by atoms with Crippen molar-refractivity contribution in [3.63, 3.8) is 0 Å². The maximum atomic E-state index is 13.0. The summed E-state index contributed by atoms with van der Waals surface area (Å²) in [4.78, 5) is 19.6. The Kier molecular flexibility index (Phi) is 5.85. The summed E-state index contributed by atoms with van der Waals surface area (Å²) in [6, 6.07) is 12.7. The van der Waals surface area contributed by atoms with Gasteiger partial charge in [-0.25, -0.2) is 4.98 Å². The monoisotopic (exact) mass is 482 g/mol. The lowest BCUT2D eigenvalue weighted by atomic mass is 10.0. The third-order valence-electron chi connectivity index (χ3n) is 7.18. The van der Waals surface area contributed by atoms with E-state index in [2.05, 4.69) is 60.9 Å². The van der Waals surface area contributed by atoms with Crippen LogP contribution in [0.25, 0.3) is 22.0 Å². The molecule has 9 nitrogen and oxygen atoms in total. The Hall–Kier alpha value is -3.85. The fourth-order valence-electron chi connectivity index (χ4n) is 5.33. The SMILES string of the molecule is Cc1cc(C)c(-c2ccc3cnc(Nc4cc5n(n4)CC(=O)N(C4CCNCC4)CC5)cc3c2)nn1. The number of aryl methyl sites for hydroxylation is 2. The first kappa shape index (κ1) is 22.6. The Labute approximate surface area is 209 Å². The summed E-state index contributed by atoms with van der Waals surface area (Å²) in [5.41, 5.74) is 4.98. The van der Waals surface area contributed by atoms with Gasteiger partial charge >= 0.3 is 0 Å². The summed E-state index contributed by atoms with van der Waals surface area (Å²) >= 11 is 0. The number of nitrogens with zero attached hydrogens (tertiary/aromatic N) is 6. The van der Waals surface area contributed by atoms with Gasteiger partial charge in [0.25, 0.3) is 0 Å². The Balaban J connectivity index is 1.21. The van der Waals surface area contributed by atoms with Crippen LogP contribution in [-0.4, -0.2) is 61.4 Å². The second-order valence-electron chi connectivity index (χ2n) is 9.77. The first-order valence-electron chi connectivity index (χ1n) is 12.6. The Morgan fingerprint density at radius 1 is 1.00 bits per heavy atom. The highest BCUT2D eigenvalue weighted by Crippen LogP contribution is 2.27. The molecule has 0 aliphatic carbocycles. The van der Waals surface area contributed by atoms with Crippen LogP contribution in [-0.2, 0) is 17.8 Å². The highest BCUT2D eigenvalue weighted by atomic mass is 16.2. The first-order valence-corrected chi connectivity index (χ1v) is 12.6. The van der Waals surface area contributed by atoms with E-state index in [1.807, 2.05) is 36.0 Å². The topological polar surface area (TPSA) is 101 Å². The molecule has 1 saturated heterocycles. The van der Waals surface area contributed by atoms with Crippen molar-refractivity contribution in [3.8, 4) is 11.3 Å². The molecule has 9 heteroatoms. The van der Waals surface area contributed by atoms with Crippen LogP contribution < -0.4 is 10.6 Å². The molecule has 1 fully saturated rings. The highest BCUT2D eigenvalue weighted by Gasteiger charge is 2.28. The quantitative estimate of drug-likeness (QED) is 0.460. The van der Waals surface area contributed by atoms with E-state index in [-0.39, 0.29) is 12.5 Å². The van der Waals surface area contributed by atoms with Crippen molar-refractivity contribution in [3.05, 3.63) is 59.5 Å². The molecule has 0 spiro atoms. The minimum Gasteiger partial charge on any atom is -0.338 e. The summed E-state index contributed by atoms with van der Waals surface area (Å²) in [7, 11) is 0. The minimum atomic E-state index is 0.154. The van der Waals surface area contributed by atoms with Gasteiger partial charge in [-0.2, -0.15) is 10.2 Å². The number of carbonyl (C=O) groups is 1. The fourth-order valence-corrected chi connectivity index (χ4v) is 5.33. The van der Waals surface area contributed by atoms with Crippen LogP contribution in [0.15, 0.2) is 42.6 Å². The second kappa shape index (κ2) is 9.31. The molecule has 184 valence electrons. The minimum absolute atomic E-state index is 0.154. The molecule has 2 N–H and O–H groups in total. The van der Waals surface area contributed by atoms with Gasteiger partial charge < -0.3 is 15.5 Å². The molecule has 1 amide bonds. The van der Waals surface area contributed by atoms with Crippen molar-refractivity contribution in [2.75, 3.05) is 25.0 Å². The van der Waals surface area contributed by atoms with Crippen molar-refractivity contribution in [1.82, 2.24) is 35.2 Å². The van der Waals surface area contributed by atoms with Gasteiger partial charge in [-0.05, 0) is 68.9 Å². The highest BCUT2D eigenvalue weighted by molar-refractivity contribution is 5.88. The van der Waals surface area contributed by atoms with Crippen molar-refractivity contribution in [2.45, 2.75) is 45.7 Å². The van der Waals surface area contributed by atoms with E-state index in [0.717, 1.165) is 77.9 Å². The average molecular weight is 483 g/mol. The molecule has 2 aliphatic heterocycles. The van der Waals surface area contributed by atoms with Gasteiger partial charge in [-0.1, -0.05) is 12.1 Å². The number of benzene rings is 1. The average Bonchev–Trinajstić information content (AvgIpc) is 3.17. The van der Waals surface area contributed by atoms with Gasteiger partial charge in [0.2, 0.25) is 5.91 Å². The van der Waals surface area contributed by atoms with Crippen LogP contribution in [0.3, 0.4) is 0 Å². The van der Waals surface area contributed by atoms with Gasteiger partial charge in [0.05, 0.1) is 11.4 Å². The summed E-state index contributed by atoms with van der Waals surface area (Å²) < 4.78 is 1.84. The largest absolute Gasteiger partial charge is 0.338 e. The molecule has 5 heterocycles. The number of fused-ring (bicyclic) bond motifs is 2. The number of nitrogens with one attached hydrogen (secondary N) is 2. The predicted octanol–water partition coefficient (Wildman–Crippen LogP) is 3.39. The summed E-state index contributed by atoms with van der Waals surface area (Å²) in [6.45, 7) is 6.99. The van der Waals surface area contributed by atoms with Gasteiger partial charge in [0.1, 0.15) is 12.4 Å². The lowest BCUT2D eigenvalue weighted by Gasteiger charge is -2.33. The van der Waals surface area contributed by atoms with Crippen LogP contribution >= 0.6 is 0 Å². The summed E-state index contributed by atoms with van der Waals surface area (Å²) in [5.74, 6) is 1.57. The van der Waals surface area contributed by atoms with Crippen LogP contribution in [0.4, 0.5) is 11.6 Å². The maximum absolute atomic E-state index is 13.0. The molecule has 1 aromatic carbocycles. The fraction of sp³-hybridized carbons (Fsp3) is 0.370. The molecular formula is C27H30N8O. The van der Waals surface area contributed by atoms with Crippen molar-refractivity contribution < 1.29 is 4.79 Å². The Morgan fingerprint density at radius 3 is 2.69 bits per heavy atom. The molecule has 4 aromatic rings. The van der Waals surface area contributed by atoms with Crippen molar-refractivity contribution >= 4 is 28.3 Å². The van der Waals surface area contributed by atoms with E-state index in [1.54, 1.807) is 0 Å². The summed E-state index contributed by atoms with van der Waals surface area (Å²) in [6.07, 6.45) is 4.70. The Bertz CT molecular complexity index is 1440. The van der Waals surface area contributed by atoms with E-state index in [0.29, 0.717) is 17.7 Å². The molecule has 0 unspecified atom stereocenters. The lowest BCUT2D eigenvalue weighted by Crippen LogP contribution is -2.47. The van der Waals surface area contributed by atoms with Gasteiger partial charge in [0, 0.05) is 47.9 Å². The molecule has 0 atom stereocenters. The number of piperidine rings is 1. The summed E-state index contributed by atoms with van der Waals surface area (Å²) in [5, 5.41) is 22.1. The van der Waals surface area contributed by atoms with Crippen LogP contribution in [0.2, 0.25) is 0 Å². The van der Waals surface area contributed by atoms with Gasteiger partial charge in [-0.15, -0.1) is 5.10 Å². The first-order chi connectivity index (χ1) is 17.5. The third kappa shape index (κ3) is 4.42. The molecule has 0 bridgehead atoms. The van der Waals surface area contributed by atoms with Crippen molar-refractivity contribution in [1.29, 1.82) is 0 Å². The van der Waals surface area contributed by atoms with Crippen LogP contribution in [0.5, 0.6) is 0 Å². The number of hydrogen-bond acceptors (Lipinski definition) is 7. The third-order valence-corrected chi connectivity index (χ3v) is 7.18. The molecule has 36 heavy (non-hydrogen) atoms. The van der Waals surface area contributed by atoms with E-state index in [1.165, 1.54) is 0 Å². The standard InChI is InChI=1S/C27H30N8O/c1-17-11-18(2)31-32-27(17)19-3-4-20-15-29-24(13-21(20)12-19)30-25-14-23-7-10-34(22-5-8-28-9-6-22)26(36)16-35(23)33-25/h3-4,11-15,22,28H,5-10,16H2,1-2H3,(H,29,30,33). The van der Waals surface area contributed by atoms with E-state index >= 15 is 0 Å². The normalized spacial score (nSPS) is 16.7. The number of carbonyl (C=O) groups excluding carboxylic acids is 1. The predicted molar refractivity (Wildman–Crippen MR) is 139 cm³/mol. The van der Waals surface area contributed by atoms with Gasteiger partial charge in [0.15, 0.2) is 5.82 Å². The number of aromatic nitrogens is 5. The molecule has 3 aromatic heterocycles. The number of anilines is 2. The van der Waals surface area contributed by atoms with Crippen molar-refractivity contribution in [2.24, 2.45) is 0 Å². The zero-order valence-electron chi connectivity index (χ0n) is 20.7. The number of amides is 1. The molecule has 2 aliphatic rings. The zero-order valence-corrected chi connectivity index (χ0v) is 20.7. The number of pyridine rings is 1. The maximum Gasteiger partial charge on any atom is 0.244 e. The van der Waals surface area contributed by atoms with Crippen LogP contribution in [0.1, 0.15) is 29.8 Å². The molecule has 6 rings (SSSR count). The number of rotatable bonds is 4. The Morgan fingerprint density at radius 2 is 1.86 bits per heavy atom. The molecule has 0 saturated carbocycles. The molecule has 0 radical (unpaired) electrons. The number of hydrogen-bond donors (Lipinski definition) is 2. The van der Waals surface area contributed by atoms with E-state index < -0.39 is 0 Å². The lowest BCUT2D eigenvalue weighted by molar-refractivity contribution is -0.134. The zero-order chi connectivity index (χ0) is 24.6.